The van der Waals surface area contributed by atoms with Crippen LogP contribution in [0.5, 0.6) is 0 Å². The van der Waals surface area contributed by atoms with E-state index in [4.69, 9.17) is 0 Å². The first-order valence-electron chi connectivity index (χ1n) is 7.70. The summed E-state index contributed by atoms with van der Waals surface area (Å²) in [5.74, 6) is 0. The molecule has 0 aromatic heterocycles. The molecule has 0 aliphatic heterocycles. The van der Waals surface area contributed by atoms with Crippen LogP contribution in [0.4, 0.5) is 5.69 Å². The van der Waals surface area contributed by atoms with Gasteiger partial charge in [0.1, 0.15) is 0 Å². The molecule has 0 bridgehead atoms. The fourth-order valence-electron chi connectivity index (χ4n) is 2.47. The van der Waals surface area contributed by atoms with Gasteiger partial charge in [-0.15, -0.1) is 0 Å². The van der Waals surface area contributed by atoms with Crippen molar-refractivity contribution < 1.29 is 5.11 Å². The quantitative estimate of drug-likeness (QED) is 0.729. The third kappa shape index (κ3) is 5.14. The Bertz CT molecular complexity index is 377. The number of anilines is 1. The highest BCUT2D eigenvalue weighted by molar-refractivity contribution is 5.46. The number of nitrogens with zero attached hydrogens (tertiary/aromatic N) is 1. The minimum Gasteiger partial charge on any atom is -0.394 e. The molecule has 0 heterocycles. The van der Waals surface area contributed by atoms with Crippen LogP contribution in [0.2, 0.25) is 0 Å². The van der Waals surface area contributed by atoms with Gasteiger partial charge in [-0.05, 0) is 50.4 Å². The summed E-state index contributed by atoms with van der Waals surface area (Å²) in [5, 5.41) is 12.8. The predicted molar refractivity (Wildman–Crippen MR) is 87.5 cm³/mol. The van der Waals surface area contributed by atoms with Crippen LogP contribution in [-0.2, 0) is 6.42 Å². The Morgan fingerprint density at radius 3 is 2.35 bits per heavy atom. The molecule has 0 saturated heterocycles. The van der Waals surface area contributed by atoms with Crippen molar-refractivity contribution >= 4 is 5.69 Å². The number of hydrogen-bond acceptors (Lipinski definition) is 3. The predicted octanol–water partition coefficient (Wildman–Crippen LogP) is 2.83. The third-order valence-corrected chi connectivity index (χ3v) is 3.96. The minimum atomic E-state index is -0.151. The second kappa shape index (κ2) is 8.28. The van der Waals surface area contributed by atoms with Gasteiger partial charge in [-0.3, -0.25) is 0 Å². The maximum atomic E-state index is 9.48. The number of likely N-dealkylation sites (N-methyl/N-ethyl adjacent to an activating group) is 1. The average Bonchev–Trinajstić information content (AvgIpc) is 2.47. The summed E-state index contributed by atoms with van der Waals surface area (Å²) in [5.41, 5.74) is 2.49. The fraction of sp³-hybridized carbons (Fsp3) is 0.647. The third-order valence-electron chi connectivity index (χ3n) is 3.96. The monoisotopic (exact) mass is 278 g/mol. The molecular formula is C17H30N2O. The lowest BCUT2D eigenvalue weighted by molar-refractivity contribution is 0.166. The number of rotatable bonds is 9. The average molecular weight is 278 g/mol. The van der Waals surface area contributed by atoms with Crippen molar-refractivity contribution in [2.45, 2.75) is 45.6 Å². The van der Waals surface area contributed by atoms with Crippen LogP contribution in [0, 0.1) is 0 Å². The Kier molecular flexibility index (Phi) is 7.03. The van der Waals surface area contributed by atoms with Crippen LogP contribution in [-0.4, -0.2) is 37.4 Å². The molecule has 114 valence electrons. The molecule has 0 aliphatic rings. The van der Waals surface area contributed by atoms with Crippen LogP contribution in [0.1, 0.15) is 39.2 Å². The van der Waals surface area contributed by atoms with Gasteiger partial charge in [0.15, 0.2) is 0 Å². The highest BCUT2D eigenvalue weighted by Crippen LogP contribution is 2.17. The second-order valence-electron chi connectivity index (χ2n) is 5.79. The zero-order chi connectivity index (χ0) is 15.0. The molecule has 1 aromatic carbocycles. The van der Waals surface area contributed by atoms with E-state index in [-0.39, 0.29) is 12.1 Å². The van der Waals surface area contributed by atoms with Gasteiger partial charge in [0, 0.05) is 24.8 Å². The van der Waals surface area contributed by atoms with Crippen LogP contribution in [0.15, 0.2) is 24.3 Å². The van der Waals surface area contributed by atoms with E-state index in [1.54, 1.807) is 0 Å². The molecule has 3 nitrogen and oxygen atoms in total. The largest absolute Gasteiger partial charge is 0.394 e. The van der Waals surface area contributed by atoms with E-state index in [2.05, 4.69) is 62.3 Å². The summed E-state index contributed by atoms with van der Waals surface area (Å²) in [7, 11) is 2.13. The number of aryl methyl sites for hydroxylation is 1. The van der Waals surface area contributed by atoms with Crippen molar-refractivity contribution in [2.75, 3.05) is 31.6 Å². The van der Waals surface area contributed by atoms with Gasteiger partial charge in [-0.1, -0.05) is 26.0 Å². The molecule has 1 rings (SSSR count). The number of aliphatic hydroxyl groups excluding tert-OH is 1. The SMILES string of the molecule is CCNC(C)(CO)CCCN(C)c1ccc(CC)cc1. The Morgan fingerprint density at radius 1 is 1.20 bits per heavy atom. The molecule has 0 aliphatic carbocycles. The fourth-order valence-corrected chi connectivity index (χ4v) is 2.47. The molecule has 0 amide bonds. The summed E-state index contributed by atoms with van der Waals surface area (Å²) in [6.45, 7) is 8.44. The Balaban J connectivity index is 2.44. The van der Waals surface area contributed by atoms with Crippen molar-refractivity contribution in [1.29, 1.82) is 0 Å². The van der Waals surface area contributed by atoms with Crippen molar-refractivity contribution in [3.63, 3.8) is 0 Å². The number of aliphatic hydroxyl groups is 1. The summed E-state index contributed by atoms with van der Waals surface area (Å²) >= 11 is 0. The maximum absolute atomic E-state index is 9.48. The molecule has 0 saturated carbocycles. The van der Waals surface area contributed by atoms with Crippen LogP contribution >= 0.6 is 0 Å². The van der Waals surface area contributed by atoms with Crippen LogP contribution in [0.25, 0.3) is 0 Å². The van der Waals surface area contributed by atoms with Crippen molar-refractivity contribution in [2.24, 2.45) is 0 Å². The first kappa shape index (κ1) is 17.0. The number of benzene rings is 1. The van der Waals surface area contributed by atoms with E-state index in [0.717, 1.165) is 32.4 Å². The number of hydrogen-bond donors (Lipinski definition) is 2. The number of nitrogens with one attached hydrogen (secondary N) is 1. The van der Waals surface area contributed by atoms with Gasteiger partial charge in [0.05, 0.1) is 6.61 Å². The smallest absolute Gasteiger partial charge is 0.0610 e. The summed E-state index contributed by atoms with van der Waals surface area (Å²) in [6.07, 6.45) is 3.13. The van der Waals surface area contributed by atoms with E-state index < -0.39 is 0 Å². The van der Waals surface area contributed by atoms with E-state index in [9.17, 15) is 5.11 Å². The molecule has 1 unspecified atom stereocenters. The normalized spacial score (nSPS) is 14.1. The Morgan fingerprint density at radius 2 is 1.85 bits per heavy atom. The Hall–Kier alpha value is -1.06. The maximum Gasteiger partial charge on any atom is 0.0610 e. The van der Waals surface area contributed by atoms with Crippen molar-refractivity contribution in [3.05, 3.63) is 29.8 Å². The summed E-state index contributed by atoms with van der Waals surface area (Å²) in [6, 6.07) is 8.77. The molecule has 20 heavy (non-hydrogen) atoms. The Labute approximate surface area is 124 Å². The van der Waals surface area contributed by atoms with Crippen molar-refractivity contribution in [3.8, 4) is 0 Å². The molecular weight excluding hydrogens is 248 g/mol. The first-order chi connectivity index (χ1) is 9.54. The van der Waals surface area contributed by atoms with Gasteiger partial charge in [-0.25, -0.2) is 0 Å². The lowest BCUT2D eigenvalue weighted by atomic mass is 9.96. The lowest BCUT2D eigenvalue weighted by Gasteiger charge is -2.29. The topological polar surface area (TPSA) is 35.5 Å². The standard InChI is InChI=1S/C17H30N2O/c1-5-15-8-10-16(11-9-15)19(4)13-7-12-17(3,14-20)18-6-2/h8-11,18,20H,5-7,12-14H2,1-4H3. The molecule has 2 N–H and O–H groups in total. The zero-order valence-electron chi connectivity index (χ0n) is 13.4. The zero-order valence-corrected chi connectivity index (χ0v) is 13.4. The summed E-state index contributed by atoms with van der Waals surface area (Å²) < 4.78 is 0. The van der Waals surface area contributed by atoms with Crippen molar-refractivity contribution in [1.82, 2.24) is 5.32 Å². The molecule has 1 atom stereocenters. The highest BCUT2D eigenvalue weighted by atomic mass is 16.3. The molecule has 0 fully saturated rings. The van der Waals surface area contributed by atoms with Gasteiger partial charge < -0.3 is 15.3 Å². The lowest BCUT2D eigenvalue weighted by Crippen LogP contribution is -2.46. The highest BCUT2D eigenvalue weighted by Gasteiger charge is 2.21. The summed E-state index contributed by atoms with van der Waals surface area (Å²) in [4.78, 5) is 2.28. The minimum absolute atomic E-state index is 0.151. The van der Waals surface area contributed by atoms with Crippen LogP contribution < -0.4 is 10.2 Å². The second-order valence-corrected chi connectivity index (χ2v) is 5.79. The van der Waals surface area contributed by atoms with Gasteiger partial charge >= 0.3 is 0 Å². The molecule has 0 spiro atoms. The first-order valence-corrected chi connectivity index (χ1v) is 7.70. The van der Waals surface area contributed by atoms with Gasteiger partial charge in [0.25, 0.3) is 0 Å². The van der Waals surface area contributed by atoms with E-state index in [1.165, 1.54) is 11.3 Å². The molecule has 1 aromatic rings. The van der Waals surface area contributed by atoms with Crippen LogP contribution in [0.3, 0.4) is 0 Å². The van der Waals surface area contributed by atoms with E-state index in [0.29, 0.717) is 0 Å². The van der Waals surface area contributed by atoms with E-state index >= 15 is 0 Å². The van der Waals surface area contributed by atoms with E-state index in [1.807, 2.05) is 0 Å². The van der Waals surface area contributed by atoms with Gasteiger partial charge in [-0.2, -0.15) is 0 Å². The molecule has 0 radical (unpaired) electrons. The molecule has 3 heteroatoms. The van der Waals surface area contributed by atoms with Gasteiger partial charge in [0.2, 0.25) is 0 Å².